The van der Waals surface area contributed by atoms with E-state index in [1.165, 1.54) is 6.07 Å². The first-order valence-electron chi connectivity index (χ1n) is 23.7. The summed E-state index contributed by atoms with van der Waals surface area (Å²) in [5, 5.41) is 4.33. The van der Waals surface area contributed by atoms with Crippen LogP contribution >= 0.6 is 0 Å². The zero-order valence-corrected chi connectivity index (χ0v) is 33.4. The van der Waals surface area contributed by atoms with E-state index in [0.717, 1.165) is 60.3 Å². The van der Waals surface area contributed by atoms with Gasteiger partial charge in [0.25, 0.3) is 0 Å². The topological polar surface area (TPSA) is 61.7 Å². The Kier molecular flexibility index (Phi) is 6.56. The summed E-state index contributed by atoms with van der Waals surface area (Å²) in [4.78, 5) is 15.7. The molecule has 0 bridgehead atoms. The predicted octanol–water partition coefficient (Wildman–Crippen LogP) is 14.6. The zero-order valence-electron chi connectivity index (χ0n) is 39.4. The summed E-state index contributed by atoms with van der Waals surface area (Å²) in [6.07, 6.45) is 0. The molecule has 6 nitrogen and oxygen atoms in total. The second-order valence-corrected chi connectivity index (χ2v) is 15.5. The molecule has 13 aromatic rings. The van der Waals surface area contributed by atoms with Gasteiger partial charge < -0.3 is 8.98 Å². The normalized spacial score (nSPS) is 13.1. The molecule has 0 unspecified atom stereocenters. The SMILES string of the molecule is [2H]c1cc([2H])c2oc3c(-c4ccc(-c5nc(-c6ccccc6)nc(-n6c7ccccc7c7ccc(-c8ccccc8)cc76)n5)cc4-n4c5ccccc5c5ccccc54)c([2H])c([2H])c([2H])c3c2c1[2H]. The summed E-state index contributed by atoms with van der Waals surface area (Å²) in [5.41, 5.74) is 8.66. The molecule has 4 aromatic heterocycles. The minimum atomic E-state index is -0.366. The van der Waals surface area contributed by atoms with Gasteiger partial charge in [-0.05, 0) is 47.5 Å². The first-order chi connectivity index (χ1) is 33.7. The Labute approximate surface area is 370 Å². The molecule has 0 aliphatic rings. The third-order valence-electron chi connectivity index (χ3n) is 12.0. The molecular weight excluding hydrogens is 771 g/mol. The van der Waals surface area contributed by atoms with Crippen molar-refractivity contribution in [3.8, 4) is 56.7 Å². The smallest absolute Gasteiger partial charge is 0.238 e. The van der Waals surface area contributed by atoms with Crippen LogP contribution in [0.4, 0.5) is 0 Å². The molecular formula is C57H35N5O. The van der Waals surface area contributed by atoms with Gasteiger partial charge in [-0.3, -0.25) is 4.57 Å². The van der Waals surface area contributed by atoms with Crippen LogP contribution in [0.2, 0.25) is 0 Å². The molecule has 0 radical (unpaired) electrons. The molecule has 0 saturated heterocycles. The molecule has 4 heterocycles. The Balaban J connectivity index is 1.13. The number of aromatic nitrogens is 5. The maximum atomic E-state index is 9.53. The van der Waals surface area contributed by atoms with Gasteiger partial charge in [-0.1, -0.05) is 176 Å². The lowest BCUT2D eigenvalue weighted by Gasteiger charge is -2.17. The summed E-state index contributed by atoms with van der Waals surface area (Å²) in [7, 11) is 0. The minimum absolute atomic E-state index is 0.0212. The van der Waals surface area contributed by atoms with Crippen molar-refractivity contribution in [3.05, 3.63) is 212 Å². The lowest BCUT2D eigenvalue weighted by atomic mass is 9.98. The summed E-state index contributed by atoms with van der Waals surface area (Å²) in [5.74, 6) is 1.28. The summed E-state index contributed by atoms with van der Waals surface area (Å²) >= 11 is 0. The van der Waals surface area contributed by atoms with Crippen molar-refractivity contribution in [1.29, 1.82) is 0 Å². The van der Waals surface area contributed by atoms with Crippen LogP contribution in [0, 0.1) is 0 Å². The van der Waals surface area contributed by atoms with E-state index >= 15 is 0 Å². The van der Waals surface area contributed by atoms with E-state index in [0.29, 0.717) is 34.4 Å². The van der Waals surface area contributed by atoms with Gasteiger partial charge in [-0.25, -0.2) is 4.98 Å². The zero-order chi connectivity index (χ0) is 46.7. The van der Waals surface area contributed by atoms with Crippen LogP contribution < -0.4 is 0 Å². The van der Waals surface area contributed by atoms with Crippen LogP contribution in [0.3, 0.4) is 0 Å². The van der Waals surface area contributed by atoms with Gasteiger partial charge in [0, 0.05) is 54.6 Å². The average Bonchev–Trinajstić information content (AvgIpc) is 4.07. The van der Waals surface area contributed by atoms with E-state index < -0.39 is 0 Å². The third kappa shape index (κ3) is 5.55. The fourth-order valence-corrected chi connectivity index (χ4v) is 9.12. The van der Waals surface area contributed by atoms with E-state index in [1.54, 1.807) is 0 Å². The molecule has 0 saturated carbocycles. The van der Waals surface area contributed by atoms with E-state index in [-0.39, 0.29) is 63.8 Å². The highest BCUT2D eigenvalue weighted by atomic mass is 16.3. The van der Waals surface area contributed by atoms with Gasteiger partial charge in [-0.2, -0.15) is 9.97 Å². The van der Waals surface area contributed by atoms with Crippen LogP contribution in [-0.4, -0.2) is 24.1 Å². The van der Waals surface area contributed by atoms with Crippen molar-refractivity contribution in [2.45, 2.75) is 0 Å². The van der Waals surface area contributed by atoms with Crippen LogP contribution in [0.5, 0.6) is 0 Å². The van der Waals surface area contributed by atoms with Gasteiger partial charge in [0.1, 0.15) is 11.2 Å². The fraction of sp³-hybridized carbons (Fsp3) is 0. The van der Waals surface area contributed by atoms with Crippen LogP contribution in [0.25, 0.3) is 122 Å². The second kappa shape index (κ2) is 14.0. The number of rotatable bonds is 6. The highest BCUT2D eigenvalue weighted by Gasteiger charge is 2.23. The fourth-order valence-electron chi connectivity index (χ4n) is 9.12. The number of benzene rings is 9. The lowest BCUT2D eigenvalue weighted by molar-refractivity contribution is 0.670. The Morgan fingerprint density at radius 1 is 0.381 bits per heavy atom. The van der Waals surface area contributed by atoms with Crippen molar-refractivity contribution in [1.82, 2.24) is 24.1 Å². The maximum absolute atomic E-state index is 9.53. The summed E-state index contributed by atoms with van der Waals surface area (Å²) in [6, 6.07) is 56.6. The Hall–Kier alpha value is -8.61. The monoisotopic (exact) mass is 811 g/mol. The van der Waals surface area contributed by atoms with Crippen molar-refractivity contribution >= 4 is 65.6 Å². The quantitative estimate of drug-likeness (QED) is 0.168. The lowest BCUT2D eigenvalue weighted by Crippen LogP contribution is -2.07. The molecule has 9 aromatic carbocycles. The number of furan rings is 1. The number of nitrogens with zero attached hydrogens (tertiary/aromatic N) is 5. The van der Waals surface area contributed by atoms with Gasteiger partial charge in [0.2, 0.25) is 5.95 Å². The number of hydrogen-bond acceptors (Lipinski definition) is 4. The van der Waals surface area contributed by atoms with Crippen molar-refractivity contribution in [2.75, 3.05) is 0 Å². The first kappa shape index (κ1) is 29.6. The molecule has 0 fully saturated rings. The van der Waals surface area contributed by atoms with Crippen molar-refractivity contribution < 1.29 is 12.6 Å². The van der Waals surface area contributed by atoms with Gasteiger partial charge in [0.15, 0.2) is 11.6 Å². The molecule has 6 heteroatoms. The van der Waals surface area contributed by atoms with Crippen LogP contribution in [-0.2, 0) is 0 Å². The Bertz CT molecular complexity index is 4220. The maximum Gasteiger partial charge on any atom is 0.238 e. The highest BCUT2D eigenvalue weighted by molar-refractivity contribution is 6.13. The third-order valence-corrected chi connectivity index (χ3v) is 12.0. The first-order valence-corrected chi connectivity index (χ1v) is 20.7. The van der Waals surface area contributed by atoms with E-state index in [2.05, 4.69) is 63.7 Å². The van der Waals surface area contributed by atoms with E-state index in [1.807, 2.05) is 115 Å². The predicted molar refractivity (Wildman–Crippen MR) is 258 cm³/mol. The Morgan fingerprint density at radius 2 is 0.968 bits per heavy atom. The molecule has 0 N–H and O–H groups in total. The van der Waals surface area contributed by atoms with Gasteiger partial charge >= 0.3 is 0 Å². The highest BCUT2D eigenvalue weighted by Crippen LogP contribution is 2.42. The molecule has 0 aliphatic heterocycles. The number of hydrogen-bond donors (Lipinski definition) is 0. The average molecular weight is 812 g/mol. The minimum Gasteiger partial charge on any atom is -0.455 e. The molecule has 13 rings (SSSR count). The standard InChI is InChI=1S/C57H35N5O/c1-3-16-36(17-4-1)38-30-32-43-42-22-9-13-28-50(42)62(52(43)34-38)57-59-55(37-18-5-2-6-19-37)58-56(60-57)39-31-33-44(46-24-15-25-47-45-23-10-14-29-53(45)63-54(46)47)51(35-39)61-48-26-11-7-20-40(48)41-21-8-12-27-49(41)61/h1-35H/i10D,15D,23D,24D,25D,29D. The van der Waals surface area contributed by atoms with E-state index in [4.69, 9.17) is 26.2 Å². The molecule has 294 valence electrons. The molecule has 63 heavy (non-hydrogen) atoms. The number of para-hydroxylation sites is 5. The van der Waals surface area contributed by atoms with Gasteiger partial charge in [0.05, 0.1) is 36.0 Å². The van der Waals surface area contributed by atoms with Crippen LogP contribution in [0.15, 0.2) is 217 Å². The second-order valence-electron chi connectivity index (χ2n) is 15.5. The molecule has 0 aliphatic carbocycles. The molecule has 0 atom stereocenters. The van der Waals surface area contributed by atoms with Crippen molar-refractivity contribution in [2.24, 2.45) is 0 Å². The summed E-state index contributed by atoms with van der Waals surface area (Å²) < 4.78 is 64.6. The van der Waals surface area contributed by atoms with Crippen molar-refractivity contribution in [3.63, 3.8) is 0 Å². The molecule has 0 amide bonds. The summed E-state index contributed by atoms with van der Waals surface area (Å²) in [6.45, 7) is 0. The van der Waals surface area contributed by atoms with Gasteiger partial charge in [-0.15, -0.1) is 0 Å². The van der Waals surface area contributed by atoms with E-state index in [9.17, 15) is 1.37 Å². The number of fused-ring (bicyclic) bond motifs is 9. The van der Waals surface area contributed by atoms with Crippen LogP contribution in [0.1, 0.15) is 8.22 Å². The molecule has 0 spiro atoms. The Morgan fingerprint density at radius 3 is 1.68 bits per heavy atom. The largest absolute Gasteiger partial charge is 0.455 e.